The van der Waals surface area contributed by atoms with Crippen LogP contribution in [0.4, 0.5) is 0 Å². The Morgan fingerprint density at radius 3 is 2.50 bits per heavy atom. The van der Waals surface area contributed by atoms with Crippen LogP contribution in [-0.4, -0.2) is 33.9 Å². The molecule has 2 atom stereocenters. The lowest BCUT2D eigenvalue weighted by atomic mass is 10.0. The van der Waals surface area contributed by atoms with Crippen molar-refractivity contribution in [1.29, 1.82) is 0 Å². The van der Waals surface area contributed by atoms with Gasteiger partial charge in [0.15, 0.2) is 21.3 Å². The number of hydrogen-bond acceptors (Lipinski definition) is 5. The highest BCUT2D eigenvalue weighted by Crippen LogP contribution is 2.45. The molecule has 1 N–H and O–H groups in total. The second-order valence-electron chi connectivity index (χ2n) is 5.15. The molecule has 2 heterocycles. The summed E-state index contributed by atoms with van der Waals surface area (Å²) in [5, 5.41) is 2.70. The van der Waals surface area contributed by atoms with E-state index in [0.29, 0.717) is 36.0 Å². The van der Waals surface area contributed by atoms with Crippen molar-refractivity contribution in [2.24, 2.45) is 0 Å². The van der Waals surface area contributed by atoms with Crippen LogP contribution in [0.3, 0.4) is 0 Å². The SMILES string of the molecule is CCC1C(NC)c2cc3c(cc2S1(=O)=O)OCCCO3. The Hall–Kier alpha value is -1.27. The minimum Gasteiger partial charge on any atom is -0.490 e. The number of sulfone groups is 1. The molecular formula is C14H19NO4S. The van der Waals surface area contributed by atoms with Gasteiger partial charge in [-0.3, -0.25) is 0 Å². The van der Waals surface area contributed by atoms with Gasteiger partial charge in [0.1, 0.15) is 0 Å². The molecule has 1 aromatic rings. The fourth-order valence-corrected chi connectivity index (χ4v) is 5.23. The number of fused-ring (bicyclic) bond motifs is 2. The summed E-state index contributed by atoms with van der Waals surface area (Å²) >= 11 is 0. The smallest absolute Gasteiger partial charge is 0.183 e. The first kappa shape index (κ1) is 13.7. The van der Waals surface area contributed by atoms with Crippen LogP contribution in [0, 0.1) is 0 Å². The first-order chi connectivity index (χ1) is 9.59. The first-order valence-corrected chi connectivity index (χ1v) is 8.49. The molecule has 6 heteroatoms. The predicted octanol–water partition coefficient (Wildman–Crippen LogP) is 1.67. The van der Waals surface area contributed by atoms with Crippen LogP contribution in [0.25, 0.3) is 0 Å². The largest absolute Gasteiger partial charge is 0.490 e. The Morgan fingerprint density at radius 1 is 1.25 bits per heavy atom. The predicted molar refractivity (Wildman–Crippen MR) is 75.1 cm³/mol. The summed E-state index contributed by atoms with van der Waals surface area (Å²) in [5.74, 6) is 1.19. The van der Waals surface area contributed by atoms with Gasteiger partial charge in [0.25, 0.3) is 0 Å². The lowest BCUT2D eigenvalue weighted by Crippen LogP contribution is -2.28. The highest BCUT2D eigenvalue weighted by Gasteiger charge is 2.44. The molecule has 2 aliphatic rings. The topological polar surface area (TPSA) is 64.6 Å². The molecule has 20 heavy (non-hydrogen) atoms. The van der Waals surface area contributed by atoms with Crippen molar-refractivity contribution in [2.45, 2.75) is 36.0 Å². The van der Waals surface area contributed by atoms with E-state index in [9.17, 15) is 8.42 Å². The minimum absolute atomic E-state index is 0.183. The van der Waals surface area contributed by atoms with Crippen LogP contribution in [0.15, 0.2) is 17.0 Å². The Labute approximate surface area is 119 Å². The Kier molecular flexibility index (Phi) is 3.38. The van der Waals surface area contributed by atoms with Gasteiger partial charge in [0.2, 0.25) is 0 Å². The zero-order chi connectivity index (χ0) is 14.3. The molecule has 0 fully saturated rings. The summed E-state index contributed by atoms with van der Waals surface area (Å²) in [6.45, 7) is 3.05. The lowest BCUT2D eigenvalue weighted by Gasteiger charge is -2.17. The Balaban J connectivity index is 2.18. The van der Waals surface area contributed by atoms with Gasteiger partial charge in [0.05, 0.1) is 29.4 Å². The van der Waals surface area contributed by atoms with Gasteiger partial charge >= 0.3 is 0 Å². The van der Waals surface area contributed by atoms with Crippen molar-refractivity contribution >= 4 is 9.84 Å². The van der Waals surface area contributed by atoms with E-state index in [2.05, 4.69) is 5.32 Å². The molecule has 1 aromatic carbocycles. The molecule has 0 bridgehead atoms. The summed E-state index contributed by atoms with van der Waals surface area (Å²) in [6, 6.07) is 3.27. The van der Waals surface area contributed by atoms with Gasteiger partial charge < -0.3 is 14.8 Å². The Bertz CT molecular complexity index is 626. The molecule has 110 valence electrons. The van der Waals surface area contributed by atoms with E-state index in [1.54, 1.807) is 13.1 Å². The third-order valence-corrected chi connectivity index (χ3v) is 6.37. The van der Waals surface area contributed by atoms with Gasteiger partial charge in [-0.1, -0.05) is 6.92 Å². The monoisotopic (exact) mass is 297 g/mol. The molecule has 5 nitrogen and oxygen atoms in total. The van der Waals surface area contributed by atoms with Crippen molar-refractivity contribution in [3.05, 3.63) is 17.7 Å². The summed E-state index contributed by atoms with van der Waals surface area (Å²) in [5.41, 5.74) is 0.795. The van der Waals surface area contributed by atoms with Gasteiger partial charge in [0, 0.05) is 12.5 Å². The zero-order valence-electron chi connectivity index (χ0n) is 11.7. The molecule has 0 saturated heterocycles. The molecule has 2 unspecified atom stereocenters. The number of hydrogen-bond donors (Lipinski definition) is 1. The maximum atomic E-state index is 12.6. The highest BCUT2D eigenvalue weighted by molar-refractivity contribution is 7.92. The average Bonchev–Trinajstić information content (AvgIpc) is 2.60. The molecule has 0 radical (unpaired) electrons. The quantitative estimate of drug-likeness (QED) is 0.899. The van der Waals surface area contributed by atoms with E-state index in [0.717, 1.165) is 12.0 Å². The standard InChI is InChI=1S/C14H19NO4S/c1-3-12-14(15-2)9-7-10-11(19-6-4-5-18-10)8-13(9)20(12,16)17/h7-8,12,14-15H,3-6H2,1-2H3. The molecular weight excluding hydrogens is 278 g/mol. The van der Waals surface area contributed by atoms with E-state index in [4.69, 9.17) is 9.47 Å². The minimum atomic E-state index is -3.30. The summed E-state index contributed by atoms with van der Waals surface area (Å²) in [6.07, 6.45) is 1.38. The van der Waals surface area contributed by atoms with Gasteiger partial charge in [-0.2, -0.15) is 0 Å². The first-order valence-electron chi connectivity index (χ1n) is 6.94. The van der Waals surface area contributed by atoms with Crippen LogP contribution in [0.5, 0.6) is 11.5 Å². The van der Waals surface area contributed by atoms with Crippen LogP contribution in [-0.2, 0) is 9.84 Å². The van der Waals surface area contributed by atoms with Crippen molar-refractivity contribution in [3.63, 3.8) is 0 Å². The fraction of sp³-hybridized carbons (Fsp3) is 0.571. The molecule has 0 aromatic heterocycles. The van der Waals surface area contributed by atoms with Crippen LogP contribution in [0.2, 0.25) is 0 Å². The fourth-order valence-electron chi connectivity index (χ4n) is 3.03. The molecule has 2 aliphatic heterocycles. The van der Waals surface area contributed by atoms with E-state index < -0.39 is 15.1 Å². The van der Waals surface area contributed by atoms with E-state index in [1.807, 2.05) is 13.0 Å². The van der Waals surface area contributed by atoms with Gasteiger partial charge in [-0.15, -0.1) is 0 Å². The maximum Gasteiger partial charge on any atom is 0.183 e. The normalized spacial score (nSPS) is 26.9. The number of rotatable bonds is 2. The Morgan fingerprint density at radius 2 is 1.90 bits per heavy atom. The summed E-state index contributed by atoms with van der Waals surface area (Å²) in [4.78, 5) is 0.382. The molecule has 3 rings (SSSR count). The van der Waals surface area contributed by atoms with E-state index >= 15 is 0 Å². The zero-order valence-corrected chi connectivity index (χ0v) is 12.5. The van der Waals surface area contributed by atoms with Crippen LogP contribution >= 0.6 is 0 Å². The summed E-state index contributed by atoms with van der Waals surface area (Å²) < 4.78 is 36.5. The highest BCUT2D eigenvalue weighted by atomic mass is 32.2. The van der Waals surface area contributed by atoms with Crippen molar-refractivity contribution < 1.29 is 17.9 Å². The second kappa shape index (κ2) is 4.93. The van der Waals surface area contributed by atoms with Crippen LogP contribution < -0.4 is 14.8 Å². The van der Waals surface area contributed by atoms with Crippen molar-refractivity contribution in [2.75, 3.05) is 20.3 Å². The second-order valence-corrected chi connectivity index (χ2v) is 7.28. The maximum absolute atomic E-state index is 12.6. The van der Waals surface area contributed by atoms with Crippen molar-refractivity contribution in [1.82, 2.24) is 5.32 Å². The number of ether oxygens (including phenoxy) is 2. The molecule has 0 spiro atoms. The number of benzene rings is 1. The van der Waals surface area contributed by atoms with E-state index in [-0.39, 0.29) is 6.04 Å². The third kappa shape index (κ3) is 1.90. The average molecular weight is 297 g/mol. The molecule has 0 saturated carbocycles. The lowest BCUT2D eigenvalue weighted by molar-refractivity contribution is 0.296. The summed E-state index contributed by atoms with van der Waals surface area (Å²) in [7, 11) is -1.51. The van der Waals surface area contributed by atoms with E-state index in [1.165, 1.54) is 0 Å². The third-order valence-electron chi connectivity index (χ3n) is 4.01. The van der Waals surface area contributed by atoms with Crippen molar-refractivity contribution in [3.8, 4) is 11.5 Å². The van der Waals surface area contributed by atoms with Crippen LogP contribution in [0.1, 0.15) is 31.4 Å². The molecule has 0 aliphatic carbocycles. The van der Waals surface area contributed by atoms with Gasteiger partial charge in [-0.05, 0) is 25.1 Å². The molecule has 0 amide bonds. The number of nitrogens with one attached hydrogen (secondary N) is 1. The van der Waals surface area contributed by atoms with Gasteiger partial charge in [-0.25, -0.2) is 8.42 Å².